The largest absolute Gasteiger partial charge is 1.00 e. The molecule has 7 heteroatoms. The van der Waals surface area contributed by atoms with Crippen molar-refractivity contribution in [1.29, 1.82) is 0 Å². The smallest absolute Gasteiger partial charge is 0.744 e. The number of carbonyl (C=O) groups excluding carboxylic acids is 1. The molecule has 0 amide bonds. The van der Waals surface area contributed by atoms with E-state index in [0.29, 0.717) is 12.8 Å². The van der Waals surface area contributed by atoms with Gasteiger partial charge in [-0.15, -0.1) is 0 Å². The van der Waals surface area contributed by atoms with Crippen LogP contribution in [0, 0.1) is 5.92 Å². The summed E-state index contributed by atoms with van der Waals surface area (Å²) in [5.41, 5.74) is 0. The Labute approximate surface area is 148 Å². The molecule has 0 saturated heterocycles. The molecule has 1 atom stereocenters. The van der Waals surface area contributed by atoms with E-state index in [4.69, 9.17) is 4.74 Å². The van der Waals surface area contributed by atoms with Crippen molar-refractivity contribution >= 4 is 16.1 Å². The molecule has 0 saturated carbocycles. The number of hydrogen-bond donors (Lipinski definition) is 0. The fourth-order valence-corrected chi connectivity index (χ4v) is 2.47. The van der Waals surface area contributed by atoms with Crippen LogP contribution in [0.3, 0.4) is 0 Å². The number of hydrogen-bond acceptors (Lipinski definition) is 5. The van der Waals surface area contributed by atoms with E-state index >= 15 is 0 Å². The van der Waals surface area contributed by atoms with Gasteiger partial charge in [0, 0.05) is 0 Å². The average molecular weight is 322 g/mol. The van der Waals surface area contributed by atoms with E-state index in [1.807, 2.05) is 13.8 Å². The van der Waals surface area contributed by atoms with E-state index in [1.54, 1.807) is 0 Å². The van der Waals surface area contributed by atoms with E-state index in [9.17, 15) is 17.8 Å². The third-order valence-electron chi connectivity index (χ3n) is 3.06. The first-order chi connectivity index (χ1) is 9.40. The molecule has 0 radical (unpaired) electrons. The first kappa shape index (κ1) is 20.6. The normalized spacial score (nSPS) is 12.3. The molecule has 5 nitrogen and oxygen atoms in total. The molecule has 0 aliphatic heterocycles. The summed E-state index contributed by atoms with van der Waals surface area (Å²) < 4.78 is 38.4. The summed E-state index contributed by atoms with van der Waals surface area (Å²) in [5, 5.41) is 0. The van der Waals surface area contributed by atoms with Crippen molar-refractivity contribution in [2.45, 2.75) is 44.4 Å². The quantitative estimate of drug-likeness (QED) is 0.298. The summed E-state index contributed by atoms with van der Waals surface area (Å²) in [5.74, 6) is -0.961. The Morgan fingerprint density at radius 2 is 1.90 bits per heavy atom. The average Bonchev–Trinajstić information content (AvgIpc) is 2.39. The fraction of sp³-hybridized carbons (Fsp3) is 0.500. The van der Waals surface area contributed by atoms with Crippen LogP contribution in [0.1, 0.15) is 39.5 Å². The molecule has 0 N–H and O–H groups in total. The number of para-hydroxylation sites is 1. The second-order valence-corrected chi connectivity index (χ2v) is 5.92. The first-order valence-corrected chi connectivity index (χ1v) is 8.07. The summed E-state index contributed by atoms with van der Waals surface area (Å²) in [7, 11) is -4.66. The van der Waals surface area contributed by atoms with Crippen LogP contribution in [-0.2, 0) is 14.9 Å². The van der Waals surface area contributed by atoms with Gasteiger partial charge in [0.15, 0.2) is 0 Å². The minimum atomic E-state index is -4.66. The van der Waals surface area contributed by atoms with Crippen molar-refractivity contribution in [2.24, 2.45) is 5.92 Å². The topological polar surface area (TPSA) is 83.5 Å². The van der Waals surface area contributed by atoms with Gasteiger partial charge >= 0.3 is 35.5 Å². The van der Waals surface area contributed by atoms with Gasteiger partial charge in [0.25, 0.3) is 0 Å². The predicted octanol–water partition coefficient (Wildman–Crippen LogP) is -0.283. The second kappa shape index (κ2) is 9.58. The van der Waals surface area contributed by atoms with Crippen molar-refractivity contribution < 1.29 is 52.1 Å². The number of rotatable bonds is 7. The molecule has 1 aromatic rings. The molecule has 1 rings (SSSR count). The minimum Gasteiger partial charge on any atom is -0.744 e. The molecule has 0 aliphatic carbocycles. The summed E-state index contributed by atoms with van der Waals surface area (Å²) in [6.45, 7) is 3.90. The molecule has 0 heterocycles. The SMILES string of the molecule is CCCCC(CC)C(=O)Oc1ccccc1S(=O)(=O)[O-].[Na+]. The Kier molecular flexibility index (Phi) is 9.40. The van der Waals surface area contributed by atoms with Gasteiger partial charge in [0.05, 0.1) is 10.8 Å². The zero-order chi connectivity index (χ0) is 15.2. The van der Waals surface area contributed by atoms with Crippen molar-refractivity contribution in [2.75, 3.05) is 0 Å². The number of esters is 1. The zero-order valence-corrected chi connectivity index (χ0v) is 15.5. The van der Waals surface area contributed by atoms with E-state index < -0.39 is 21.0 Å². The van der Waals surface area contributed by atoms with Crippen molar-refractivity contribution in [3.05, 3.63) is 24.3 Å². The Morgan fingerprint density at radius 1 is 1.29 bits per heavy atom. The van der Waals surface area contributed by atoms with Crippen LogP contribution >= 0.6 is 0 Å². The molecule has 21 heavy (non-hydrogen) atoms. The van der Waals surface area contributed by atoms with E-state index in [2.05, 4.69) is 0 Å². The number of benzene rings is 1. The van der Waals surface area contributed by atoms with Crippen LogP contribution in [0.2, 0.25) is 0 Å². The summed E-state index contributed by atoms with van der Waals surface area (Å²) >= 11 is 0. The molecule has 0 aromatic heterocycles. The molecule has 0 bridgehead atoms. The van der Waals surface area contributed by atoms with Gasteiger partial charge in [-0.3, -0.25) is 4.79 Å². The molecule has 1 aromatic carbocycles. The Morgan fingerprint density at radius 3 is 2.43 bits per heavy atom. The first-order valence-electron chi connectivity index (χ1n) is 6.66. The van der Waals surface area contributed by atoms with Gasteiger partial charge in [-0.05, 0) is 25.0 Å². The van der Waals surface area contributed by atoms with E-state index in [1.165, 1.54) is 18.2 Å². The van der Waals surface area contributed by atoms with Gasteiger partial charge in [-0.2, -0.15) is 0 Å². The van der Waals surface area contributed by atoms with Crippen LogP contribution in [0.25, 0.3) is 0 Å². The summed E-state index contributed by atoms with van der Waals surface area (Å²) in [6.07, 6.45) is 3.17. The Hall–Kier alpha value is -0.400. The molecule has 1 unspecified atom stereocenters. The van der Waals surface area contributed by atoms with E-state index in [0.717, 1.165) is 18.9 Å². The maximum Gasteiger partial charge on any atom is 1.00 e. The van der Waals surface area contributed by atoms with E-state index in [-0.39, 0.29) is 41.2 Å². The molecular weight excluding hydrogens is 303 g/mol. The molecule has 0 aliphatic rings. The third-order valence-corrected chi connectivity index (χ3v) is 3.94. The fourth-order valence-electron chi connectivity index (χ4n) is 1.87. The van der Waals surface area contributed by atoms with Crippen molar-refractivity contribution in [3.63, 3.8) is 0 Å². The number of ether oxygens (including phenoxy) is 1. The number of unbranched alkanes of at least 4 members (excludes halogenated alkanes) is 1. The molecule has 0 spiro atoms. The number of carbonyl (C=O) groups is 1. The van der Waals surface area contributed by atoms with Crippen LogP contribution in [0.15, 0.2) is 29.2 Å². The van der Waals surface area contributed by atoms with Crippen molar-refractivity contribution in [3.8, 4) is 5.75 Å². The van der Waals surface area contributed by atoms with Gasteiger partial charge in [-0.1, -0.05) is 38.8 Å². The van der Waals surface area contributed by atoms with Crippen LogP contribution in [-0.4, -0.2) is 18.9 Å². The predicted molar refractivity (Wildman–Crippen MR) is 73.3 cm³/mol. The van der Waals surface area contributed by atoms with Crippen LogP contribution < -0.4 is 34.3 Å². The molecule has 0 fully saturated rings. The van der Waals surface area contributed by atoms with Gasteiger partial charge < -0.3 is 9.29 Å². The Bertz CT molecular complexity index is 556. The molecule has 112 valence electrons. The maximum atomic E-state index is 12.0. The van der Waals surface area contributed by atoms with Crippen LogP contribution in [0.4, 0.5) is 0 Å². The van der Waals surface area contributed by atoms with Gasteiger partial charge in [0.2, 0.25) is 0 Å². The zero-order valence-electron chi connectivity index (χ0n) is 12.7. The minimum absolute atomic E-state index is 0. The summed E-state index contributed by atoms with van der Waals surface area (Å²) in [4.78, 5) is 11.5. The standard InChI is InChI=1S/C14H20O5S.Na/c1-3-5-8-11(4-2)14(15)19-12-9-6-7-10-13(12)20(16,17)18;/h6-7,9-11H,3-5,8H2,1-2H3,(H,16,17,18);/q;+1/p-1. The molecular formula is C14H19NaO5S. The maximum absolute atomic E-state index is 12.0. The van der Waals surface area contributed by atoms with Gasteiger partial charge in [0.1, 0.15) is 15.9 Å². The summed E-state index contributed by atoms with van der Waals surface area (Å²) in [6, 6.07) is 5.38. The van der Waals surface area contributed by atoms with Crippen LogP contribution in [0.5, 0.6) is 5.75 Å². The monoisotopic (exact) mass is 322 g/mol. The second-order valence-electron chi connectivity index (χ2n) is 4.57. The van der Waals surface area contributed by atoms with Crippen molar-refractivity contribution in [1.82, 2.24) is 0 Å². The third kappa shape index (κ3) is 6.48. The van der Waals surface area contributed by atoms with Gasteiger partial charge in [-0.25, -0.2) is 8.42 Å². The Balaban J connectivity index is 0.00000400.